The highest BCUT2D eigenvalue weighted by Crippen LogP contribution is 2.25. The third-order valence-corrected chi connectivity index (χ3v) is 2.87. The van der Waals surface area contributed by atoms with Crippen molar-refractivity contribution in [3.05, 3.63) is 23.7 Å². The zero-order chi connectivity index (χ0) is 12.3. The smallest absolute Gasteiger partial charge is 0.237 e. The van der Waals surface area contributed by atoms with Crippen molar-refractivity contribution in [2.24, 2.45) is 0 Å². The molecule has 2 heterocycles. The summed E-state index contributed by atoms with van der Waals surface area (Å²) >= 11 is 0. The van der Waals surface area contributed by atoms with E-state index in [1.165, 1.54) is 0 Å². The number of nitrogens with one attached hydrogen (secondary N) is 1. The van der Waals surface area contributed by atoms with Crippen LogP contribution in [0.25, 0.3) is 0 Å². The van der Waals surface area contributed by atoms with E-state index >= 15 is 0 Å². The van der Waals surface area contributed by atoms with Gasteiger partial charge in [0.2, 0.25) is 5.91 Å². The standard InChI is InChI=1S/C12H18N2O3.ClH/c1-9-3-4-11(17-9)10-8-16-6-5-14(10)12(15)7-13-2;/h3-4,10,13H,5-8H2,1-2H3;1H. The molecule has 18 heavy (non-hydrogen) atoms. The maximum Gasteiger partial charge on any atom is 0.237 e. The molecule has 0 radical (unpaired) electrons. The molecule has 1 aromatic heterocycles. The number of morpholine rings is 1. The summed E-state index contributed by atoms with van der Waals surface area (Å²) in [5.41, 5.74) is 0. The number of rotatable bonds is 3. The summed E-state index contributed by atoms with van der Waals surface area (Å²) in [6.07, 6.45) is 0. The second-order valence-electron chi connectivity index (χ2n) is 4.16. The molecule has 0 bridgehead atoms. The van der Waals surface area contributed by atoms with Gasteiger partial charge in [-0.25, -0.2) is 0 Å². The first-order valence-corrected chi connectivity index (χ1v) is 5.80. The predicted molar refractivity (Wildman–Crippen MR) is 69.9 cm³/mol. The van der Waals surface area contributed by atoms with Crippen LogP contribution in [-0.2, 0) is 9.53 Å². The van der Waals surface area contributed by atoms with Gasteiger partial charge in [-0.05, 0) is 26.1 Å². The van der Waals surface area contributed by atoms with Crippen LogP contribution in [0, 0.1) is 6.92 Å². The molecule has 1 atom stereocenters. The number of halogens is 1. The summed E-state index contributed by atoms with van der Waals surface area (Å²) in [4.78, 5) is 13.8. The molecule has 1 aromatic rings. The number of ether oxygens (including phenoxy) is 1. The van der Waals surface area contributed by atoms with Gasteiger partial charge >= 0.3 is 0 Å². The van der Waals surface area contributed by atoms with Crippen LogP contribution in [0.3, 0.4) is 0 Å². The van der Waals surface area contributed by atoms with E-state index in [2.05, 4.69) is 5.32 Å². The van der Waals surface area contributed by atoms with E-state index in [1.807, 2.05) is 24.0 Å². The van der Waals surface area contributed by atoms with Gasteiger partial charge in [-0.2, -0.15) is 0 Å². The topological polar surface area (TPSA) is 54.7 Å². The monoisotopic (exact) mass is 274 g/mol. The third kappa shape index (κ3) is 3.25. The highest BCUT2D eigenvalue weighted by molar-refractivity contribution is 5.85. The Balaban J connectivity index is 0.00000162. The van der Waals surface area contributed by atoms with Crippen molar-refractivity contribution < 1.29 is 13.9 Å². The zero-order valence-corrected chi connectivity index (χ0v) is 11.5. The quantitative estimate of drug-likeness (QED) is 0.898. The molecule has 0 spiro atoms. The van der Waals surface area contributed by atoms with Gasteiger partial charge in [0.15, 0.2) is 0 Å². The number of nitrogens with zero attached hydrogens (tertiary/aromatic N) is 1. The lowest BCUT2D eigenvalue weighted by atomic mass is 10.1. The minimum absolute atomic E-state index is 0. The first-order chi connectivity index (χ1) is 8.22. The molecule has 1 unspecified atom stereocenters. The van der Waals surface area contributed by atoms with Crippen LogP contribution >= 0.6 is 12.4 Å². The summed E-state index contributed by atoms with van der Waals surface area (Å²) in [7, 11) is 1.77. The minimum atomic E-state index is -0.0988. The van der Waals surface area contributed by atoms with E-state index in [1.54, 1.807) is 7.05 Å². The second-order valence-corrected chi connectivity index (χ2v) is 4.16. The number of furan rings is 1. The number of likely N-dealkylation sites (N-methyl/N-ethyl adjacent to an activating group) is 1. The fourth-order valence-electron chi connectivity index (χ4n) is 2.02. The number of aryl methyl sites for hydroxylation is 1. The van der Waals surface area contributed by atoms with Crippen molar-refractivity contribution in [3.8, 4) is 0 Å². The highest BCUT2D eigenvalue weighted by Gasteiger charge is 2.30. The lowest BCUT2D eigenvalue weighted by molar-refractivity contribution is -0.139. The van der Waals surface area contributed by atoms with Gasteiger partial charge in [-0.1, -0.05) is 0 Å². The average Bonchev–Trinajstić information content (AvgIpc) is 2.76. The van der Waals surface area contributed by atoms with E-state index in [-0.39, 0.29) is 24.4 Å². The fraction of sp³-hybridized carbons (Fsp3) is 0.583. The van der Waals surface area contributed by atoms with Crippen molar-refractivity contribution in [1.82, 2.24) is 10.2 Å². The number of hydrogen-bond acceptors (Lipinski definition) is 4. The third-order valence-electron chi connectivity index (χ3n) is 2.87. The summed E-state index contributed by atoms with van der Waals surface area (Å²) in [6.45, 7) is 3.95. The van der Waals surface area contributed by atoms with Crippen LogP contribution in [0.2, 0.25) is 0 Å². The van der Waals surface area contributed by atoms with Gasteiger partial charge in [0.25, 0.3) is 0 Å². The van der Waals surface area contributed by atoms with Crippen molar-refractivity contribution in [2.45, 2.75) is 13.0 Å². The van der Waals surface area contributed by atoms with E-state index in [4.69, 9.17) is 9.15 Å². The van der Waals surface area contributed by atoms with Crippen LogP contribution in [0.1, 0.15) is 17.6 Å². The largest absolute Gasteiger partial charge is 0.464 e. The molecule has 0 aliphatic carbocycles. The molecule has 5 nitrogen and oxygen atoms in total. The lowest BCUT2D eigenvalue weighted by Gasteiger charge is -2.34. The fourth-order valence-corrected chi connectivity index (χ4v) is 2.02. The minimum Gasteiger partial charge on any atom is -0.464 e. The summed E-state index contributed by atoms with van der Waals surface area (Å²) < 4.78 is 11.0. The normalized spacial score (nSPS) is 19.4. The molecule has 2 rings (SSSR count). The summed E-state index contributed by atoms with van der Waals surface area (Å²) in [5.74, 6) is 1.73. The Morgan fingerprint density at radius 1 is 1.56 bits per heavy atom. The van der Waals surface area contributed by atoms with E-state index in [0.29, 0.717) is 26.3 Å². The van der Waals surface area contributed by atoms with E-state index in [0.717, 1.165) is 11.5 Å². The van der Waals surface area contributed by atoms with Gasteiger partial charge in [-0.15, -0.1) is 12.4 Å². The van der Waals surface area contributed by atoms with Crippen molar-refractivity contribution >= 4 is 18.3 Å². The van der Waals surface area contributed by atoms with Crippen molar-refractivity contribution in [2.75, 3.05) is 33.4 Å². The molecule has 1 amide bonds. The molecule has 1 fully saturated rings. The Morgan fingerprint density at radius 2 is 2.33 bits per heavy atom. The van der Waals surface area contributed by atoms with Gasteiger partial charge in [0.1, 0.15) is 17.6 Å². The van der Waals surface area contributed by atoms with Gasteiger partial charge in [0.05, 0.1) is 19.8 Å². The van der Waals surface area contributed by atoms with E-state index in [9.17, 15) is 4.79 Å². The van der Waals surface area contributed by atoms with Gasteiger partial charge < -0.3 is 19.4 Å². The number of carbonyl (C=O) groups excluding carboxylic acids is 1. The summed E-state index contributed by atoms with van der Waals surface area (Å²) in [6, 6.07) is 3.72. The SMILES string of the molecule is CNCC(=O)N1CCOCC1c1ccc(C)o1.Cl. The molecule has 0 saturated carbocycles. The predicted octanol–water partition coefficient (Wildman–Crippen LogP) is 1.13. The number of carbonyl (C=O) groups is 1. The molecule has 6 heteroatoms. The molecule has 1 saturated heterocycles. The van der Waals surface area contributed by atoms with Crippen molar-refractivity contribution in [1.29, 1.82) is 0 Å². The van der Waals surface area contributed by atoms with Gasteiger partial charge in [0, 0.05) is 6.54 Å². The van der Waals surface area contributed by atoms with Crippen LogP contribution in [0.5, 0.6) is 0 Å². The van der Waals surface area contributed by atoms with Crippen molar-refractivity contribution in [3.63, 3.8) is 0 Å². The molecular formula is C12H19ClN2O3. The van der Waals surface area contributed by atoms with Crippen LogP contribution in [0.15, 0.2) is 16.5 Å². The Labute approximate surface area is 113 Å². The molecule has 1 aliphatic rings. The number of amides is 1. The average molecular weight is 275 g/mol. The summed E-state index contributed by atoms with van der Waals surface area (Å²) in [5, 5.41) is 2.88. The molecule has 1 aliphatic heterocycles. The first-order valence-electron chi connectivity index (χ1n) is 5.80. The maximum atomic E-state index is 12.0. The Hall–Kier alpha value is -1.04. The highest BCUT2D eigenvalue weighted by atomic mass is 35.5. The zero-order valence-electron chi connectivity index (χ0n) is 10.6. The van der Waals surface area contributed by atoms with Gasteiger partial charge in [-0.3, -0.25) is 4.79 Å². The molecular weight excluding hydrogens is 256 g/mol. The molecule has 0 aromatic carbocycles. The first kappa shape index (κ1) is 15.0. The van der Waals surface area contributed by atoms with Crippen LogP contribution < -0.4 is 5.32 Å². The molecule has 1 N–H and O–H groups in total. The van der Waals surface area contributed by atoms with E-state index < -0.39 is 0 Å². The number of hydrogen-bond donors (Lipinski definition) is 1. The Kier molecular flexibility index (Phi) is 5.65. The Bertz CT molecular complexity index is 394. The van der Waals surface area contributed by atoms with Crippen LogP contribution in [0.4, 0.5) is 0 Å². The molecule has 102 valence electrons. The maximum absolute atomic E-state index is 12.0. The Morgan fingerprint density at radius 3 is 2.94 bits per heavy atom. The van der Waals surface area contributed by atoms with Crippen LogP contribution in [-0.4, -0.2) is 44.2 Å². The lowest BCUT2D eigenvalue weighted by Crippen LogP contribution is -2.46. The second kappa shape index (κ2) is 6.78.